The molecule has 22 heavy (non-hydrogen) atoms. The number of nitrogens with zero attached hydrogens (tertiary/aromatic N) is 2. The van der Waals surface area contributed by atoms with Crippen molar-refractivity contribution in [1.29, 1.82) is 0 Å². The van der Waals surface area contributed by atoms with E-state index in [2.05, 4.69) is 11.5 Å². The van der Waals surface area contributed by atoms with Gasteiger partial charge in [0.05, 0.1) is 30.9 Å². The highest BCUT2D eigenvalue weighted by molar-refractivity contribution is 6.22. The topological polar surface area (TPSA) is 51.5 Å². The van der Waals surface area contributed by atoms with E-state index in [9.17, 15) is 9.59 Å². The Morgan fingerprint density at radius 3 is 2.09 bits per heavy atom. The van der Waals surface area contributed by atoms with Gasteiger partial charge in [0, 0.05) is 23.8 Å². The van der Waals surface area contributed by atoms with Gasteiger partial charge in [-0.15, -0.1) is 11.6 Å². The fourth-order valence-electron chi connectivity index (χ4n) is 2.94. The van der Waals surface area contributed by atoms with Crippen molar-refractivity contribution in [3.63, 3.8) is 0 Å². The molecule has 1 aliphatic rings. The molecule has 1 aliphatic heterocycles. The molecule has 1 aromatic heterocycles. The lowest BCUT2D eigenvalue weighted by Crippen LogP contribution is -2.34. The maximum Gasteiger partial charge on any atom is 0.263 e. The first-order valence-electron chi connectivity index (χ1n) is 7.74. The molecule has 2 amide bonds. The van der Waals surface area contributed by atoms with Gasteiger partial charge in [0.2, 0.25) is 0 Å². The van der Waals surface area contributed by atoms with Gasteiger partial charge in [-0.1, -0.05) is 13.3 Å². The van der Waals surface area contributed by atoms with Crippen molar-refractivity contribution < 1.29 is 14.3 Å². The van der Waals surface area contributed by atoms with Gasteiger partial charge in [0.15, 0.2) is 0 Å². The van der Waals surface area contributed by atoms with E-state index in [1.807, 2.05) is 13.8 Å². The fraction of sp³-hybridized carbons (Fsp3) is 0.625. The highest BCUT2D eigenvalue weighted by Gasteiger charge is 2.40. The minimum absolute atomic E-state index is 0.203. The average molecular weight is 327 g/mol. The normalized spacial score (nSPS) is 14.1. The third kappa shape index (κ3) is 2.92. The molecular weight excluding hydrogens is 304 g/mol. The summed E-state index contributed by atoms with van der Waals surface area (Å²) in [5, 5.41) is 0. The van der Waals surface area contributed by atoms with Gasteiger partial charge in [0.25, 0.3) is 11.8 Å². The van der Waals surface area contributed by atoms with Gasteiger partial charge in [-0.2, -0.15) is 0 Å². The number of imide groups is 1. The van der Waals surface area contributed by atoms with Crippen LogP contribution in [0.1, 0.15) is 51.9 Å². The van der Waals surface area contributed by atoms with Crippen molar-refractivity contribution in [2.24, 2.45) is 0 Å². The van der Waals surface area contributed by atoms with Crippen LogP contribution in [0.15, 0.2) is 0 Å². The summed E-state index contributed by atoms with van der Waals surface area (Å²) in [4.78, 5) is 26.4. The van der Waals surface area contributed by atoms with E-state index in [0.717, 1.165) is 30.8 Å². The van der Waals surface area contributed by atoms with E-state index in [1.165, 1.54) is 4.90 Å². The van der Waals surface area contributed by atoms with Crippen LogP contribution in [0.3, 0.4) is 0 Å². The molecule has 2 heterocycles. The predicted molar refractivity (Wildman–Crippen MR) is 85.7 cm³/mol. The molecule has 0 aromatic carbocycles. The summed E-state index contributed by atoms with van der Waals surface area (Å²) in [6.07, 6.45) is 2.11. The van der Waals surface area contributed by atoms with Gasteiger partial charge < -0.3 is 9.30 Å². The summed E-state index contributed by atoms with van der Waals surface area (Å²) in [6.45, 7) is 7.83. The zero-order valence-electron chi connectivity index (χ0n) is 13.4. The number of halogens is 1. The van der Waals surface area contributed by atoms with Crippen LogP contribution in [-0.4, -0.2) is 46.9 Å². The second-order valence-electron chi connectivity index (χ2n) is 5.49. The first kappa shape index (κ1) is 17.0. The van der Waals surface area contributed by atoms with Crippen molar-refractivity contribution in [1.82, 2.24) is 9.47 Å². The van der Waals surface area contributed by atoms with Crippen LogP contribution in [0.25, 0.3) is 0 Å². The largest absolute Gasteiger partial charge is 0.378 e. The van der Waals surface area contributed by atoms with E-state index in [0.29, 0.717) is 30.2 Å². The second-order valence-corrected chi connectivity index (χ2v) is 5.87. The minimum Gasteiger partial charge on any atom is -0.378 e. The van der Waals surface area contributed by atoms with E-state index in [4.69, 9.17) is 16.3 Å². The van der Waals surface area contributed by atoms with Crippen molar-refractivity contribution in [2.45, 2.75) is 40.2 Å². The number of alkyl halides is 1. The highest BCUT2D eigenvalue weighted by Crippen LogP contribution is 2.31. The summed E-state index contributed by atoms with van der Waals surface area (Å²) >= 11 is 5.54. The summed E-state index contributed by atoms with van der Waals surface area (Å²) < 4.78 is 7.36. The predicted octanol–water partition coefficient (Wildman–Crippen LogP) is 2.76. The maximum absolute atomic E-state index is 12.5. The molecule has 0 fully saturated rings. The van der Waals surface area contributed by atoms with E-state index >= 15 is 0 Å². The molecule has 5 nitrogen and oxygen atoms in total. The number of carbonyl (C=O) groups excluding carboxylic acids is 2. The molecule has 0 saturated carbocycles. The quantitative estimate of drug-likeness (QED) is 0.419. The molecule has 0 radical (unpaired) electrons. The van der Waals surface area contributed by atoms with E-state index in [1.54, 1.807) is 0 Å². The number of rotatable bonds is 8. The molecule has 0 saturated heterocycles. The number of unbranched alkanes of at least 4 members (excludes halogenated alkanes) is 1. The Balaban J connectivity index is 2.19. The number of hydrogen-bond acceptors (Lipinski definition) is 3. The number of amides is 2. The van der Waals surface area contributed by atoms with Crippen molar-refractivity contribution >= 4 is 23.4 Å². The summed E-state index contributed by atoms with van der Waals surface area (Å²) in [5.41, 5.74) is 2.92. The summed E-state index contributed by atoms with van der Waals surface area (Å²) in [6, 6.07) is 0. The van der Waals surface area contributed by atoms with Gasteiger partial charge >= 0.3 is 0 Å². The first-order chi connectivity index (χ1) is 10.5. The lowest BCUT2D eigenvalue weighted by Gasteiger charge is -2.16. The van der Waals surface area contributed by atoms with Crippen LogP contribution in [0.2, 0.25) is 0 Å². The third-order valence-electron chi connectivity index (χ3n) is 4.12. The van der Waals surface area contributed by atoms with Crippen LogP contribution in [0.4, 0.5) is 0 Å². The monoisotopic (exact) mass is 326 g/mol. The van der Waals surface area contributed by atoms with Crippen LogP contribution in [0, 0.1) is 13.8 Å². The zero-order valence-corrected chi connectivity index (χ0v) is 14.2. The number of ether oxygens (including phenoxy) is 1. The van der Waals surface area contributed by atoms with Gasteiger partial charge in [0.1, 0.15) is 0 Å². The third-order valence-corrected chi connectivity index (χ3v) is 4.27. The van der Waals surface area contributed by atoms with E-state index < -0.39 is 0 Å². The molecule has 0 bridgehead atoms. The van der Waals surface area contributed by atoms with Crippen LogP contribution in [0.5, 0.6) is 0 Å². The smallest absolute Gasteiger partial charge is 0.263 e. The van der Waals surface area contributed by atoms with Crippen molar-refractivity contribution in [2.75, 3.05) is 25.6 Å². The molecule has 0 aliphatic carbocycles. The Bertz CT molecular complexity index is 541. The maximum atomic E-state index is 12.5. The fourth-order valence-corrected chi connectivity index (χ4v) is 3.05. The van der Waals surface area contributed by atoms with Crippen molar-refractivity contribution in [3.8, 4) is 0 Å². The molecule has 0 N–H and O–H groups in total. The Kier molecular flexibility index (Phi) is 5.64. The lowest BCUT2D eigenvalue weighted by molar-refractivity contribution is 0.0574. The molecule has 0 atom stereocenters. The molecule has 122 valence electrons. The van der Waals surface area contributed by atoms with Gasteiger partial charge in [-0.25, -0.2) is 0 Å². The van der Waals surface area contributed by atoms with Crippen LogP contribution < -0.4 is 0 Å². The number of aromatic nitrogens is 1. The van der Waals surface area contributed by atoms with E-state index in [-0.39, 0.29) is 18.4 Å². The minimum atomic E-state index is -0.203. The number of carbonyl (C=O) groups is 2. The Morgan fingerprint density at radius 2 is 1.59 bits per heavy atom. The Morgan fingerprint density at radius 1 is 1.00 bits per heavy atom. The average Bonchev–Trinajstić information content (AvgIpc) is 2.89. The number of fused-ring (bicyclic) bond motifs is 1. The molecule has 0 spiro atoms. The Labute approximate surface area is 136 Å². The molecule has 6 heteroatoms. The molecular formula is C16H23ClN2O3. The zero-order chi connectivity index (χ0) is 16.3. The van der Waals surface area contributed by atoms with Gasteiger partial charge in [-0.3, -0.25) is 14.5 Å². The SMILES string of the molecule is CCCCn1c(C)c2c(c1C)C(=O)N(CCOCCCl)C2=O. The summed E-state index contributed by atoms with van der Waals surface area (Å²) in [7, 11) is 0. The second kappa shape index (κ2) is 7.29. The van der Waals surface area contributed by atoms with Crippen molar-refractivity contribution in [3.05, 3.63) is 22.5 Å². The molecule has 1 aromatic rings. The summed E-state index contributed by atoms with van der Waals surface area (Å²) in [5.74, 6) is -0.00125. The standard InChI is InChI=1S/C16H23ClN2O3/c1-4-5-7-18-11(2)13-14(12(18)3)16(21)19(15(13)20)8-10-22-9-6-17/h4-10H2,1-3H3. The van der Waals surface area contributed by atoms with Crippen LogP contribution >= 0.6 is 11.6 Å². The Hall–Kier alpha value is -1.33. The molecule has 2 rings (SSSR count). The van der Waals surface area contributed by atoms with Crippen LogP contribution in [-0.2, 0) is 11.3 Å². The van der Waals surface area contributed by atoms with Gasteiger partial charge in [-0.05, 0) is 20.3 Å². The highest BCUT2D eigenvalue weighted by atomic mass is 35.5. The molecule has 0 unspecified atom stereocenters. The number of hydrogen-bond donors (Lipinski definition) is 0. The first-order valence-corrected chi connectivity index (χ1v) is 8.27. The lowest BCUT2D eigenvalue weighted by atomic mass is 10.1.